The number of hydrogen-bond donors (Lipinski definition) is 4. The largest absolute Gasteiger partial charge is 0.462 e. The molecule has 0 unspecified atom stereocenters. The van der Waals surface area contributed by atoms with Gasteiger partial charge in [0.05, 0.1) is 18.6 Å². The number of carbonyl (C=O) groups is 4. The van der Waals surface area contributed by atoms with Crippen LogP contribution in [0, 0.1) is 5.92 Å². The fraction of sp³-hybridized carbons (Fsp3) is 0.379. The van der Waals surface area contributed by atoms with E-state index in [1.165, 1.54) is 0 Å². The van der Waals surface area contributed by atoms with Crippen LogP contribution in [0.25, 0.3) is 0 Å². The topological polar surface area (TPSA) is 143 Å². The molecule has 3 amide bonds. The number of hydrogen-bond acceptors (Lipinski definition) is 7. The smallest absolute Gasteiger partial charge is 0.408 e. The van der Waals surface area contributed by atoms with Gasteiger partial charge in [0.25, 0.3) is 0 Å². The van der Waals surface area contributed by atoms with Gasteiger partial charge in [0.1, 0.15) is 19.3 Å². The summed E-state index contributed by atoms with van der Waals surface area (Å²) in [6.45, 7) is 1.32. The maximum absolute atomic E-state index is 13.2. The summed E-state index contributed by atoms with van der Waals surface area (Å²) in [4.78, 5) is 51.0. The lowest BCUT2D eigenvalue weighted by molar-refractivity contribution is -0.147. The fourth-order valence-electron chi connectivity index (χ4n) is 3.96. The van der Waals surface area contributed by atoms with Crippen molar-refractivity contribution in [3.8, 4) is 0 Å². The summed E-state index contributed by atoms with van der Waals surface area (Å²) in [6.07, 6.45) is 2.85. The van der Waals surface area contributed by atoms with Crippen molar-refractivity contribution in [2.24, 2.45) is 5.92 Å². The van der Waals surface area contributed by atoms with Crippen LogP contribution in [0.4, 0.5) is 4.79 Å². The molecule has 0 fully saturated rings. The van der Waals surface area contributed by atoms with Gasteiger partial charge in [0.15, 0.2) is 0 Å². The number of rotatable bonds is 8. The predicted molar refractivity (Wildman–Crippen MR) is 143 cm³/mol. The summed E-state index contributed by atoms with van der Waals surface area (Å²) in [6, 6.07) is 16.1. The third kappa shape index (κ3) is 9.90. The SMILES string of the molecule is C[C@H](CO)NC(=O)C[C@H]1CC=CC[C@@H](NC(=O)OCc2ccccc2)C(=O)OC[C@@H](c2ccccc2)NC1=O. The first-order valence-corrected chi connectivity index (χ1v) is 12.9. The Labute approximate surface area is 227 Å². The van der Waals surface area contributed by atoms with Crippen LogP contribution in [0.5, 0.6) is 0 Å². The van der Waals surface area contributed by atoms with Gasteiger partial charge in [0, 0.05) is 12.5 Å². The summed E-state index contributed by atoms with van der Waals surface area (Å²) in [7, 11) is 0. The first kappa shape index (κ1) is 29.4. The maximum atomic E-state index is 13.2. The number of esters is 1. The molecule has 0 saturated carbocycles. The number of carbonyl (C=O) groups excluding carboxylic acids is 4. The van der Waals surface area contributed by atoms with E-state index in [1.807, 2.05) is 36.4 Å². The summed E-state index contributed by atoms with van der Waals surface area (Å²) >= 11 is 0. The van der Waals surface area contributed by atoms with E-state index < -0.39 is 36.1 Å². The maximum Gasteiger partial charge on any atom is 0.408 e. The Balaban J connectivity index is 1.74. The molecule has 4 N–H and O–H groups in total. The highest BCUT2D eigenvalue weighted by Crippen LogP contribution is 2.19. The van der Waals surface area contributed by atoms with Crippen LogP contribution in [-0.4, -0.2) is 54.3 Å². The number of aliphatic hydroxyl groups is 1. The molecule has 0 bridgehead atoms. The number of benzene rings is 2. The highest BCUT2D eigenvalue weighted by atomic mass is 16.6. The molecule has 2 aromatic rings. The van der Waals surface area contributed by atoms with Crippen LogP contribution >= 0.6 is 0 Å². The minimum absolute atomic E-state index is 0.0467. The zero-order chi connectivity index (χ0) is 28.0. The first-order valence-electron chi connectivity index (χ1n) is 12.9. The van der Waals surface area contributed by atoms with Gasteiger partial charge in [-0.15, -0.1) is 0 Å². The van der Waals surface area contributed by atoms with Gasteiger partial charge in [-0.3, -0.25) is 9.59 Å². The van der Waals surface area contributed by atoms with Crippen LogP contribution in [-0.2, 0) is 30.5 Å². The van der Waals surface area contributed by atoms with Crippen molar-refractivity contribution in [1.82, 2.24) is 16.0 Å². The number of aliphatic hydroxyl groups excluding tert-OH is 1. The molecule has 10 nitrogen and oxygen atoms in total. The second-order valence-electron chi connectivity index (χ2n) is 9.36. The standard InChI is InChI=1S/C29H35N3O7/c1-20(17-33)30-26(34)16-23-14-8-9-15-24(32-29(37)39-18-21-10-4-2-5-11-21)28(36)38-19-25(31-27(23)35)22-12-6-3-7-13-22/h2-13,20,23-25,33H,14-19H2,1H3,(H,30,34)(H,31,35)(H,32,37)/t20-,23-,24-,25+/m1/s1. The minimum Gasteiger partial charge on any atom is -0.462 e. The van der Waals surface area contributed by atoms with E-state index in [1.54, 1.807) is 43.3 Å². The van der Waals surface area contributed by atoms with Gasteiger partial charge in [0.2, 0.25) is 11.8 Å². The van der Waals surface area contributed by atoms with Gasteiger partial charge in [-0.2, -0.15) is 0 Å². The number of amides is 3. The minimum atomic E-state index is -1.01. The summed E-state index contributed by atoms with van der Waals surface area (Å²) < 4.78 is 10.8. The van der Waals surface area contributed by atoms with Crippen molar-refractivity contribution in [3.63, 3.8) is 0 Å². The van der Waals surface area contributed by atoms with Crippen molar-refractivity contribution in [2.75, 3.05) is 13.2 Å². The third-order valence-electron chi connectivity index (χ3n) is 6.14. The highest BCUT2D eigenvalue weighted by molar-refractivity contribution is 5.86. The quantitative estimate of drug-likeness (QED) is 0.299. The molecule has 1 heterocycles. The third-order valence-corrected chi connectivity index (χ3v) is 6.14. The Kier molecular flexibility index (Phi) is 11.5. The number of allylic oxidation sites excluding steroid dienone is 1. The Hall–Kier alpha value is -4.18. The summed E-state index contributed by atoms with van der Waals surface area (Å²) in [5.41, 5.74) is 1.52. The van der Waals surface area contributed by atoms with E-state index in [9.17, 15) is 24.3 Å². The van der Waals surface area contributed by atoms with Gasteiger partial charge >= 0.3 is 12.1 Å². The molecule has 208 valence electrons. The molecule has 0 aliphatic carbocycles. The molecular formula is C29H35N3O7. The summed E-state index contributed by atoms with van der Waals surface area (Å²) in [5, 5.41) is 17.3. The van der Waals surface area contributed by atoms with Crippen LogP contribution in [0.15, 0.2) is 72.8 Å². The van der Waals surface area contributed by atoms with E-state index in [-0.39, 0.29) is 50.9 Å². The zero-order valence-electron chi connectivity index (χ0n) is 21.9. The molecule has 4 atom stereocenters. The van der Waals surface area contributed by atoms with Crippen LogP contribution in [0.2, 0.25) is 0 Å². The van der Waals surface area contributed by atoms with Crippen molar-refractivity contribution in [2.45, 2.75) is 50.9 Å². The van der Waals surface area contributed by atoms with Gasteiger partial charge in [-0.1, -0.05) is 72.8 Å². The lowest BCUT2D eigenvalue weighted by atomic mass is 9.97. The van der Waals surface area contributed by atoms with Gasteiger partial charge in [-0.25, -0.2) is 9.59 Å². The monoisotopic (exact) mass is 537 g/mol. The molecule has 10 heteroatoms. The lowest BCUT2D eigenvalue weighted by Crippen LogP contribution is -2.44. The van der Waals surface area contributed by atoms with Crippen LogP contribution in [0.3, 0.4) is 0 Å². The van der Waals surface area contributed by atoms with E-state index >= 15 is 0 Å². The number of nitrogens with one attached hydrogen (secondary N) is 3. The lowest BCUT2D eigenvalue weighted by Gasteiger charge is -2.25. The molecule has 0 aromatic heterocycles. The van der Waals surface area contributed by atoms with E-state index in [0.29, 0.717) is 0 Å². The van der Waals surface area contributed by atoms with Gasteiger partial charge in [-0.05, 0) is 30.9 Å². The Morgan fingerprint density at radius 3 is 2.41 bits per heavy atom. The second kappa shape index (κ2) is 15.3. The average Bonchev–Trinajstić information content (AvgIpc) is 2.95. The zero-order valence-corrected chi connectivity index (χ0v) is 21.9. The molecular weight excluding hydrogens is 502 g/mol. The van der Waals surface area contributed by atoms with Crippen molar-refractivity contribution >= 4 is 23.9 Å². The molecule has 1 aliphatic heterocycles. The van der Waals surface area contributed by atoms with Crippen LogP contribution < -0.4 is 16.0 Å². The Bertz CT molecular complexity index is 1120. The van der Waals surface area contributed by atoms with Crippen molar-refractivity contribution in [3.05, 3.63) is 83.9 Å². The molecule has 0 spiro atoms. The van der Waals surface area contributed by atoms with E-state index in [2.05, 4.69) is 16.0 Å². The normalized spacial score (nSPS) is 20.8. The molecule has 1 aliphatic rings. The second-order valence-corrected chi connectivity index (χ2v) is 9.36. The molecule has 2 aromatic carbocycles. The van der Waals surface area contributed by atoms with Crippen LogP contribution in [0.1, 0.15) is 43.4 Å². The van der Waals surface area contributed by atoms with Gasteiger partial charge < -0.3 is 30.5 Å². The highest BCUT2D eigenvalue weighted by Gasteiger charge is 2.28. The Morgan fingerprint density at radius 1 is 1.05 bits per heavy atom. The summed E-state index contributed by atoms with van der Waals surface area (Å²) in [5.74, 6) is -2.09. The van der Waals surface area contributed by atoms with E-state index in [4.69, 9.17) is 9.47 Å². The average molecular weight is 538 g/mol. The van der Waals surface area contributed by atoms with Crippen molar-refractivity contribution < 1.29 is 33.8 Å². The van der Waals surface area contributed by atoms with Crippen molar-refractivity contribution in [1.29, 1.82) is 0 Å². The Morgan fingerprint density at radius 2 is 1.72 bits per heavy atom. The molecule has 39 heavy (non-hydrogen) atoms. The molecule has 0 saturated heterocycles. The number of ether oxygens (including phenoxy) is 2. The number of cyclic esters (lactones) is 1. The first-order chi connectivity index (χ1) is 18.9. The fourth-order valence-corrected chi connectivity index (χ4v) is 3.96. The predicted octanol–water partition coefficient (Wildman–Crippen LogP) is 2.54. The molecule has 3 rings (SSSR count). The molecule has 0 radical (unpaired) electrons. The number of alkyl carbamates (subject to hydrolysis) is 1. The van der Waals surface area contributed by atoms with E-state index in [0.717, 1.165) is 11.1 Å².